The number of rotatable bonds is 3. The van der Waals surface area contributed by atoms with Gasteiger partial charge in [-0.25, -0.2) is 0 Å². The summed E-state index contributed by atoms with van der Waals surface area (Å²) in [6.45, 7) is 8.54. The summed E-state index contributed by atoms with van der Waals surface area (Å²) in [7, 11) is 0. The summed E-state index contributed by atoms with van der Waals surface area (Å²) in [6.07, 6.45) is 11.0. The summed E-state index contributed by atoms with van der Waals surface area (Å²) in [5.41, 5.74) is 5.48. The lowest BCUT2D eigenvalue weighted by molar-refractivity contribution is 0.459. The van der Waals surface area contributed by atoms with Gasteiger partial charge in [0.05, 0.1) is 0 Å². The lowest BCUT2D eigenvalue weighted by Gasteiger charge is -2.23. The molecule has 0 N–H and O–H groups in total. The van der Waals surface area contributed by atoms with Gasteiger partial charge in [0.2, 0.25) is 0 Å². The van der Waals surface area contributed by atoms with Gasteiger partial charge in [-0.15, -0.1) is 0 Å². The highest BCUT2D eigenvalue weighted by atomic mass is 14.2. The summed E-state index contributed by atoms with van der Waals surface area (Å²) >= 11 is 0. The summed E-state index contributed by atoms with van der Waals surface area (Å²) < 4.78 is 0. The van der Waals surface area contributed by atoms with Crippen LogP contribution in [0.15, 0.2) is 36.4 Å². The molecule has 1 aromatic rings. The number of allylic oxidation sites excluding steroid dienone is 2. The van der Waals surface area contributed by atoms with Gasteiger partial charge in [0.15, 0.2) is 0 Å². The predicted octanol–water partition coefficient (Wildman–Crippen LogP) is 5.45. The van der Waals surface area contributed by atoms with Crippen LogP contribution in [-0.2, 0) is 0 Å². The summed E-state index contributed by atoms with van der Waals surface area (Å²) in [6, 6.07) is 6.72. The van der Waals surface area contributed by atoms with Gasteiger partial charge in [0, 0.05) is 0 Å². The van der Waals surface area contributed by atoms with Crippen molar-refractivity contribution < 1.29 is 0 Å². The molecule has 0 aliphatic heterocycles. The molecular formula is C18H24. The minimum absolute atomic E-state index is 0.723. The molecule has 18 heavy (non-hydrogen) atoms. The molecule has 1 saturated carbocycles. The van der Waals surface area contributed by atoms with Gasteiger partial charge >= 0.3 is 0 Å². The second kappa shape index (κ2) is 6.04. The van der Waals surface area contributed by atoms with Crippen LogP contribution in [0.1, 0.15) is 48.8 Å². The minimum Gasteiger partial charge on any atom is -0.0996 e. The first kappa shape index (κ1) is 13.1. The Hall–Kier alpha value is -1.30. The number of hydrogen-bond donors (Lipinski definition) is 0. The minimum atomic E-state index is 0.723. The molecule has 0 heteroatoms. The first-order valence-electron chi connectivity index (χ1n) is 7.07. The van der Waals surface area contributed by atoms with Crippen molar-refractivity contribution in [1.29, 1.82) is 0 Å². The van der Waals surface area contributed by atoms with E-state index >= 15 is 0 Å². The van der Waals surface area contributed by atoms with E-state index in [1.54, 1.807) is 0 Å². The van der Waals surface area contributed by atoms with Gasteiger partial charge in [0.1, 0.15) is 0 Å². The Balaban J connectivity index is 1.96. The third kappa shape index (κ3) is 3.60. The third-order valence-corrected chi connectivity index (χ3v) is 3.85. The van der Waals surface area contributed by atoms with Crippen LogP contribution in [-0.4, -0.2) is 0 Å². The standard InChI is InChI=1S/C18H24/c1-14-11-15(2)13-17(12-14)8-6-10-18-9-5-4-7-16(18)3/h6,8,11-13,18H,3-5,7,9-10H2,1-2H3/b8-6+. The Morgan fingerprint density at radius 2 is 1.89 bits per heavy atom. The monoisotopic (exact) mass is 240 g/mol. The van der Waals surface area contributed by atoms with Crippen molar-refractivity contribution in [2.45, 2.75) is 46.0 Å². The van der Waals surface area contributed by atoms with E-state index in [0.717, 1.165) is 12.3 Å². The lowest BCUT2D eigenvalue weighted by Crippen LogP contribution is -2.07. The normalized spacial score (nSPS) is 20.6. The Bertz CT molecular complexity index is 431. The van der Waals surface area contributed by atoms with Crippen LogP contribution < -0.4 is 0 Å². The zero-order valence-corrected chi connectivity index (χ0v) is 11.7. The summed E-state index contributed by atoms with van der Waals surface area (Å²) in [5, 5.41) is 0. The molecule has 0 heterocycles. The molecule has 0 bridgehead atoms. The lowest BCUT2D eigenvalue weighted by atomic mass is 9.83. The maximum absolute atomic E-state index is 4.22. The summed E-state index contributed by atoms with van der Waals surface area (Å²) in [5.74, 6) is 0.723. The molecular weight excluding hydrogens is 216 g/mol. The van der Waals surface area contributed by atoms with Gasteiger partial charge in [0.25, 0.3) is 0 Å². The molecule has 0 aromatic heterocycles. The van der Waals surface area contributed by atoms with E-state index < -0.39 is 0 Å². The third-order valence-electron chi connectivity index (χ3n) is 3.85. The maximum Gasteiger partial charge on any atom is -0.0171 e. The van der Waals surface area contributed by atoms with Gasteiger partial charge < -0.3 is 0 Å². The highest BCUT2D eigenvalue weighted by Gasteiger charge is 2.15. The van der Waals surface area contributed by atoms with E-state index in [1.165, 1.54) is 47.9 Å². The van der Waals surface area contributed by atoms with Crippen molar-refractivity contribution in [1.82, 2.24) is 0 Å². The average molecular weight is 240 g/mol. The Labute approximate surface area is 111 Å². The Morgan fingerprint density at radius 1 is 1.17 bits per heavy atom. The molecule has 1 fully saturated rings. The first-order valence-corrected chi connectivity index (χ1v) is 7.07. The summed E-state index contributed by atoms with van der Waals surface area (Å²) in [4.78, 5) is 0. The molecule has 0 saturated heterocycles. The molecule has 1 aromatic carbocycles. The second-order valence-corrected chi connectivity index (χ2v) is 5.66. The van der Waals surface area contributed by atoms with E-state index in [4.69, 9.17) is 0 Å². The largest absolute Gasteiger partial charge is 0.0996 e. The van der Waals surface area contributed by atoms with Gasteiger partial charge in [-0.05, 0) is 51.0 Å². The fourth-order valence-electron chi connectivity index (χ4n) is 2.91. The highest BCUT2D eigenvalue weighted by molar-refractivity contribution is 5.51. The Kier molecular flexibility index (Phi) is 4.41. The van der Waals surface area contributed by atoms with Crippen molar-refractivity contribution in [3.8, 4) is 0 Å². The topological polar surface area (TPSA) is 0 Å². The molecule has 0 radical (unpaired) electrons. The van der Waals surface area contributed by atoms with E-state index in [0.29, 0.717) is 0 Å². The number of hydrogen-bond acceptors (Lipinski definition) is 0. The molecule has 1 aliphatic rings. The van der Waals surface area contributed by atoms with Gasteiger partial charge in [-0.2, -0.15) is 0 Å². The zero-order chi connectivity index (χ0) is 13.0. The van der Waals surface area contributed by atoms with Crippen LogP contribution in [0.4, 0.5) is 0 Å². The molecule has 0 spiro atoms. The first-order chi connectivity index (χ1) is 8.65. The Morgan fingerprint density at radius 3 is 2.56 bits per heavy atom. The second-order valence-electron chi connectivity index (χ2n) is 5.66. The number of benzene rings is 1. The molecule has 0 nitrogen and oxygen atoms in total. The van der Waals surface area contributed by atoms with Crippen LogP contribution in [0.2, 0.25) is 0 Å². The molecule has 0 amide bonds. The molecule has 96 valence electrons. The van der Waals surface area contributed by atoms with E-state index in [2.05, 4.69) is 50.8 Å². The molecule has 1 unspecified atom stereocenters. The van der Waals surface area contributed by atoms with Gasteiger partial charge in [-0.1, -0.05) is 60.1 Å². The SMILES string of the molecule is C=C1CCCCC1C/C=C/c1cc(C)cc(C)c1. The van der Waals surface area contributed by atoms with Crippen LogP contribution in [0.25, 0.3) is 6.08 Å². The van der Waals surface area contributed by atoms with Crippen molar-refractivity contribution in [3.63, 3.8) is 0 Å². The fraction of sp³-hybridized carbons (Fsp3) is 0.444. The molecule has 1 atom stereocenters. The van der Waals surface area contributed by atoms with Crippen LogP contribution in [0.5, 0.6) is 0 Å². The van der Waals surface area contributed by atoms with Crippen molar-refractivity contribution in [2.75, 3.05) is 0 Å². The van der Waals surface area contributed by atoms with Gasteiger partial charge in [-0.3, -0.25) is 0 Å². The smallest absolute Gasteiger partial charge is 0.0171 e. The van der Waals surface area contributed by atoms with Crippen LogP contribution >= 0.6 is 0 Å². The number of aryl methyl sites for hydroxylation is 2. The quantitative estimate of drug-likeness (QED) is 0.616. The van der Waals surface area contributed by atoms with Crippen LogP contribution in [0, 0.1) is 19.8 Å². The van der Waals surface area contributed by atoms with Crippen molar-refractivity contribution in [3.05, 3.63) is 53.1 Å². The maximum atomic E-state index is 4.22. The molecule has 1 aliphatic carbocycles. The average Bonchev–Trinajstić information content (AvgIpc) is 2.30. The van der Waals surface area contributed by atoms with E-state index in [1.807, 2.05) is 0 Å². The van der Waals surface area contributed by atoms with E-state index in [9.17, 15) is 0 Å². The molecule has 2 rings (SSSR count). The van der Waals surface area contributed by atoms with E-state index in [-0.39, 0.29) is 0 Å². The predicted molar refractivity (Wildman–Crippen MR) is 80.7 cm³/mol. The fourth-order valence-corrected chi connectivity index (χ4v) is 2.91. The van der Waals surface area contributed by atoms with Crippen molar-refractivity contribution >= 4 is 6.08 Å². The zero-order valence-electron chi connectivity index (χ0n) is 11.7. The van der Waals surface area contributed by atoms with Crippen LogP contribution in [0.3, 0.4) is 0 Å². The highest BCUT2D eigenvalue weighted by Crippen LogP contribution is 2.30. The van der Waals surface area contributed by atoms with Crippen molar-refractivity contribution in [2.24, 2.45) is 5.92 Å².